The molecule has 7 aromatic carbocycles. The van der Waals surface area contributed by atoms with Gasteiger partial charge < -0.3 is 9.32 Å². The van der Waals surface area contributed by atoms with Crippen molar-refractivity contribution in [3.05, 3.63) is 169 Å². The number of nitrogens with zero attached hydrogens (tertiary/aromatic N) is 2. The van der Waals surface area contributed by atoms with Gasteiger partial charge in [-0.05, 0) is 81.2 Å². The van der Waals surface area contributed by atoms with Crippen molar-refractivity contribution in [1.82, 2.24) is 4.98 Å². The van der Waals surface area contributed by atoms with Crippen molar-refractivity contribution in [1.29, 1.82) is 0 Å². The fourth-order valence-electron chi connectivity index (χ4n) is 7.33. The van der Waals surface area contributed by atoms with E-state index in [1.165, 1.54) is 27.8 Å². The van der Waals surface area contributed by atoms with Gasteiger partial charge in [0.15, 0.2) is 5.58 Å². The highest BCUT2D eigenvalue weighted by Crippen LogP contribution is 2.51. The van der Waals surface area contributed by atoms with Crippen molar-refractivity contribution >= 4 is 38.9 Å². The zero-order chi connectivity index (χ0) is 31.5. The molecule has 0 atom stereocenters. The zero-order valence-electron chi connectivity index (χ0n) is 26.3. The van der Waals surface area contributed by atoms with E-state index in [9.17, 15) is 0 Å². The molecule has 224 valence electrons. The van der Waals surface area contributed by atoms with Crippen LogP contribution in [0.1, 0.15) is 25.0 Å². The van der Waals surface area contributed by atoms with E-state index in [-0.39, 0.29) is 5.41 Å². The van der Waals surface area contributed by atoms with E-state index in [0.29, 0.717) is 5.89 Å². The number of aromatic nitrogens is 1. The lowest BCUT2D eigenvalue weighted by Gasteiger charge is -2.28. The molecule has 8 aromatic rings. The Morgan fingerprint density at radius 2 is 1.19 bits per heavy atom. The van der Waals surface area contributed by atoms with Gasteiger partial charge in [-0.15, -0.1) is 0 Å². The van der Waals surface area contributed by atoms with Crippen LogP contribution < -0.4 is 4.90 Å². The SMILES string of the molecule is CC1(C)c2ccccc2-c2cc(N(c3cccc(-c4ccccc4)c3)c3cc4ccccc4c4oc(-c5ccccc5)nc34)ccc21. The summed E-state index contributed by atoms with van der Waals surface area (Å²) in [7, 11) is 0. The van der Waals surface area contributed by atoms with Crippen LogP contribution in [0.25, 0.3) is 55.6 Å². The van der Waals surface area contributed by atoms with Gasteiger partial charge in [-0.2, -0.15) is 0 Å². The number of fused-ring (bicyclic) bond motifs is 6. The zero-order valence-corrected chi connectivity index (χ0v) is 26.3. The van der Waals surface area contributed by atoms with Gasteiger partial charge in [0.05, 0.1) is 5.69 Å². The van der Waals surface area contributed by atoms with Crippen LogP contribution in [0.2, 0.25) is 0 Å². The third-order valence-corrected chi connectivity index (χ3v) is 9.67. The lowest BCUT2D eigenvalue weighted by molar-refractivity contribution is 0.623. The van der Waals surface area contributed by atoms with Crippen molar-refractivity contribution < 1.29 is 4.42 Å². The molecule has 0 fully saturated rings. The first-order valence-electron chi connectivity index (χ1n) is 16.1. The molecule has 0 bridgehead atoms. The average Bonchev–Trinajstić information content (AvgIpc) is 3.67. The molecule has 47 heavy (non-hydrogen) atoms. The van der Waals surface area contributed by atoms with Crippen LogP contribution in [0, 0.1) is 0 Å². The third-order valence-electron chi connectivity index (χ3n) is 9.67. The highest BCUT2D eigenvalue weighted by molar-refractivity contribution is 6.11. The van der Waals surface area contributed by atoms with Crippen molar-refractivity contribution in [2.45, 2.75) is 19.3 Å². The maximum Gasteiger partial charge on any atom is 0.227 e. The Morgan fingerprint density at radius 1 is 0.532 bits per heavy atom. The average molecular weight is 605 g/mol. The molecule has 0 aliphatic heterocycles. The minimum atomic E-state index is -0.0740. The van der Waals surface area contributed by atoms with Gasteiger partial charge in [0.1, 0.15) is 5.52 Å². The summed E-state index contributed by atoms with van der Waals surface area (Å²) in [4.78, 5) is 7.56. The molecule has 3 heteroatoms. The van der Waals surface area contributed by atoms with Gasteiger partial charge in [0, 0.05) is 27.7 Å². The van der Waals surface area contributed by atoms with Crippen LogP contribution in [0.15, 0.2) is 162 Å². The van der Waals surface area contributed by atoms with Gasteiger partial charge in [-0.25, -0.2) is 4.98 Å². The fourth-order valence-corrected chi connectivity index (χ4v) is 7.33. The minimum Gasteiger partial charge on any atom is -0.435 e. The number of anilines is 3. The smallest absolute Gasteiger partial charge is 0.227 e. The number of benzene rings is 7. The van der Waals surface area contributed by atoms with E-state index in [2.05, 4.69) is 146 Å². The molecule has 0 spiro atoms. The second kappa shape index (κ2) is 10.6. The normalized spacial score (nSPS) is 13.1. The topological polar surface area (TPSA) is 29.3 Å². The minimum absolute atomic E-state index is 0.0740. The van der Waals surface area contributed by atoms with E-state index in [1.807, 2.05) is 30.3 Å². The number of rotatable bonds is 5. The summed E-state index contributed by atoms with van der Waals surface area (Å²) in [6.45, 7) is 4.65. The molecule has 0 N–H and O–H groups in total. The van der Waals surface area contributed by atoms with Gasteiger partial charge in [-0.3, -0.25) is 0 Å². The van der Waals surface area contributed by atoms with Crippen molar-refractivity contribution in [3.8, 4) is 33.7 Å². The Labute approximate surface area is 274 Å². The quantitative estimate of drug-likeness (QED) is 0.196. The highest BCUT2D eigenvalue weighted by atomic mass is 16.3. The van der Waals surface area contributed by atoms with Crippen LogP contribution in [0.3, 0.4) is 0 Å². The van der Waals surface area contributed by atoms with Crippen molar-refractivity contribution in [3.63, 3.8) is 0 Å². The van der Waals surface area contributed by atoms with Gasteiger partial charge in [0.2, 0.25) is 5.89 Å². The molecule has 0 saturated heterocycles. The monoisotopic (exact) mass is 604 g/mol. The summed E-state index contributed by atoms with van der Waals surface area (Å²) in [5.74, 6) is 0.612. The number of hydrogen-bond acceptors (Lipinski definition) is 3. The molecule has 9 rings (SSSR count). The Kier molecular flexibility index (Phi) is 6.16. The Balaban J connectivity index is 1.33. The summed E-state index contributed by atoms with van der Waals surface area (Å²) in [6, 6.07) is 56.0. The van der Waals surface area contributed by atoms with Crippen molar-refractivity contribution in [2.24, 2.45) is 0 Å². The molecular weight excluding hydrogens is 572 g/mol. The summed E-state index contributed by atoms with van der Waals surface area (Å²) in [5.41, 5.74) is 13.2. The predicted molar refractivity (Wildman–Crippen MR) is 195 cm³/mol. The lowest BCUT2D eigenvalue weighted by Crippen LogP contribution is -2.15. The molecule has 0 amide bonds. The van der Waals surface area contributed by atoms with E-state index in [1.54, 1.807) is 0 Å². The lowest BCUT2D eigenvalue weighted by atomic mass is 9.82. The highest BCUT2D eigenvalue weighted by Gasteiger charge is 2.35. The molecule has 1 aliphatic rings. The number of hydrogen-bond donors (Lipinski definition) is 0. The van der Waals surface area contributed by atoms with Gasteiger partial charge in [0.25, 0.3) is 0 Å². The Hall–Kier alpha value is -5.93. The van der Waals surface area contributed by atoms with Crippen LogP contribution >= 0.6 is 0 Å². The summed E-state index contributed by atoms with van der Waals surface area (Å²) >= 11 is 0. The first-order chi connectivity index (χ1) is 23.1. The molecule has 0 unspecified atom stereocenters. The molecule has 1 aromatic heterocycles. The summed E-state index contributed by atoms with van der Waals surface area (Å²) in [5, 5.41) is 2.14. The standard InChI is InChI=1S/C44H32N2O/c1-44(2)38-23-12-11-22-36(38)37-28-34(24-25-39(37)44)46(33-20-13-19-31(26-33)29-14-5-3-6-15-29)40-27-32-18-9-10-21-35(32)42-41(40)45-43(47-42)30-16-7-4-8-17-30/h3-28H,1-2H3. The largest absolute Gasteiger partial charge is 0.435 e. The third kappa shape index (κ3) is 4.39. The summed E-state index contributed by atoms with van der Waals surface area (Å²) < 4.78 is 6.63. The summed E-state index contributed by atoms with van der Waals surface area (Å²) in [6.07, 6.45) is 0. The van der Waals surface area contributed by atoms with E-state index in [4.69, 9.17) is 9.40 Å². The van der Waals surface area contributed by atoms with Crippen LogP contribution in [-0.4, -0.2) is 4.98 Å². The maximum atomic E-state index is 6.63. The molecule has 1 aliphatic carbocycles. The van der Waals surface area contributed by atoms with Crippen LogP contribution in [0.4, 0.5) is 17.1 Å². The van der Waals surface area contributed by atoms with Crippen LogP contribution in [0.5, 0.6) is 0 Å². The maximum absolute atomic E-state index is 6.63. The van der Waals surface area contributed by atoms with Crippen LogP contribution in [-0.2, 0) is 5.41 Å². The van der Waals surface area contributed by atoms with Crippen molar-refractivity contribution in [2.75, 3.05) is 4.90 Å². The number of oxazole rings is 1. The molecular formula is C44H32N2O. The van der Waals surface area contributed by atoms with E-state index in [0.717, 1.165) is 50.1 Å². The first kappa shape index (κ1) is 27.4. The van der Waals surface area contributed by atoms with Gasteiger partial charge >= 0.3 is 0 Å². The van der Waals surface area contributed by atoms with E-state index >= 15 is 0 Å². The molecule has 0 saturated carbocycles. The second-order valence-electron chi connectivity index (χ2n) is 12.8. The second-order valence-corrected chi connectivity index (χ2v) is 12.8. The Morgan fingerprint density at radius 3 is 2.02 bits per heavy atom. The molecule has 3 nitrogen and oxygen atoms in total. The van der Waals surface area contributed by atoms with E-state index < -0.39 is 0 Å². The molecule has 0 radical (unpaired) electrons. The fraction of sp³-hybridized carbons (Fsp3) is 0.0682. The Bertz CT molecular complexity index is 2440. The predicted octanol–water partition coefficient (Wildman–Crippen LogP) is 12.1. The first-order valence-corrected chi connectivity index (χ1v) is 16.1. The van der Waals surface area contributed by atoms with Gasteiger partial charge in [-0.1, -0.05) is 129 Å². The molecule has 1 heterocycles.